The Morgan fingerprint density at radius 2 is 2.05 bits per heavy atom. The lowest BCUT2D eigenvalue weighted by atomic mass is 9.89. The minimum Gasteiger partial charge on any atom is -0.381 e. The highest BCUT2D eigenvalue weighted by Gasteiger charge is 2.37. The Morgan fingerprint density at radius 1 is 1.27 bits per heavy atom. The summed E-state index contributed by atoms with van der Waals surface area (Å²) < 4.78 is 5.46. The van der Waals surface area contributed by atoms with E-state index in [1.165, 1.54) is 5.56 Å². The van der Waals surface area contributed by atoms with Crippen LogP contribution in [0.2, 0.25) is 0 Å². The average molecular weight is 325 g/mol. The Hall–Kier alpha value is -1.10. The number of carbonyl (C=O) groups is 1. The van der Waals surface area contributed by atoms with Gasteiger partial charge >= 0.3 is 0 Å². The standard InChI is InChI=1S/C17H24N2O2.ClH/c18-9-15-10-19(17(20)14-7-4-8-21-12-14)11-16(15)13-5-2-1-3-6-13;/h1-3,5-6,14-16H,4,7-12,18H2;1H/t14?,15-,16+;/m1./s1. The molecule has 2 aliphatic rings. The van der Waals surface area contributed by atoms with Gasteiger partial charge in [0.2, 0.25) is 5.91 Å². The summed E-state index contributed by atoms with van der Waals surface area (Å²) in [6.45, 7) is 3.58. The van der Waals surface area contributed by atoms with E-state index in [4.69, 9.17) is 10.5 Å². The molecule has 0 spiro atoms. The first kappa shape index (κ1) is 17.3. The lowest BCUT2D eigenvalue weighted by molar-refractivity contribution is -0.138. The summed E-state index contributed by atoms with van der Waals surface area (Å²) >= 11 is 0. The van der Waals surface area contributed by atoms with Gasteiger partial charge in [-0.05, 0) is 30.9 Å². The fraction of sp³-hybridized carbons (Fsp3) is 0.588. The Bertz CT molecular complexity index is 477. The third kappa shape index (κ3) is 3.62. The van der Waals surface area contributed by atoms with E-state index in [1.807, 2.05) is 11.0 Å². The van der Waals surface area contributed by atoms with E-state index in [2.05, 4.69) is 24.3 Å². The van der Waals surface area contributed by atoms with Gasteiger partial charge in [0.25, 0.3) is 0 Å². The predicted octanol–water partition coefficient (Wildman–Crippen LogP) is 2.04. The van der Waals surface area contributed by atoms with E-state index in [0.717, 1.165) is 32.5 Å². The van der Waals surface area contributed by atoms with Crippen LogP contribution in [0.1, 0.15) is 24.3 Å². The molecule has 5 heteroatoms. The summed E-state index contributed by atoms with van der Waals surface area (Å²) in [5, 5.41) is 0. The summed E-state index contributed by atoms with van der Waals surface area (Å²) in [4.78, 5) is 14.7. The Kier molecular flexibility index (Phi) is 6.24. The van der Waals surface area contributed by atoms with E-state index in [0.29, 0.717) is 25.0 Å². The van der Waals surface area contributed by atoms with E-state index >= 15 is 0 Å². The number of rotatable bonds is 3. The highest BCUT2D eigenvalue weighted by atomic mass is 35.5. The van der Waals surface area contributed by atoms with E-state index in [-0.39, 0.29) is 24.2 Å². The molecule has 2 N–H and O–H groups in total. The molecule has 4 nitrogen and oxygen atoms in total. The van der Waals surface area contributed by atoms with Gasteiger partial charge in [0.1, 0.15) is 0 Å². The molecule has 0 saturated carbocycles. The number of nitrogens with zero attached hydrogens (tertiary/aromatic N) is 1. The second-order valence-corrected chi connectivity index (χ2v) is 6.17. The molecule has 3 atom stereocenters. The largest absolute Gasteiger partial charge is 0.381 e. The maximum absolute atomic E-state index is 12.6. The topological polar surface area (TPSA) is 55.6 Å². The van der Waals surface area contributed by atoms with Crippen LogP contribution in [-0.2, 0) is 9.53 Å². The number of halogens is 1. The van der Waals surface area contributed by atoms with Crippen LogP contribution in [0.3, 0.4) is 0 Å². The number of nitrogens with two attached hydrogens (primary N) is 1. The van der Waals surface area contributed by atoms with Crippen molar-refractivity contribution in [2.45, 2.75) is 18.8 Å². The second-order valence-electron chi connectivity index (χ2n) is 6.17. The zero-order chi connectivity index (χ0) is 14.7. The average Bonchev–Trinajstić information content (AvgIpc) is 3.00. The van der Waals surface area contributed by atoms with Crippen molar-refractivity contribution in [2.24, 2.45) is 17.6 Å². The van der Waals surface area contributed by atoms with Gasteiger partial charge in [0.05, 0.1) is 12.5 Å². The van der Waals surface area contributed by atoms with Gasteiger partial charge in [-0.3, -0.25) is 4.79 Å². The second kappa shape index (κ2) is 7.95. The molecule has 122 valence electrons. The van der Waals surface area contributed by atoms with Crippen LogP contribution in [-0.4, -0.2) is 43.7 Å². The van der Waals surface area contributed by atoms with Gasteiger partial charge in [0.15, 0.2) is 0 Å². The highest BCUT2D eigenvalue weighted by molar-refractivity contribution is 5.85. The third-order valence-electron chi connectivity index (χ3n) is 4.79. The van der Waals surface area contributed by atoms with Crippen molar-refractivity contribution in [3.8, 4) is 0 Å². The van der Waals surface area contributed by atoms with Crippen LogP contribution in [0.25, 0.3) is 0 Å². The number of likely N-dealkylation sites (tertiary alicyclic amines) is 1. The van der Waals surface area contributed by atoms with Gasteiger partial charge < -0.3 is 15.4 Å². The quantitative estimate of drug-likeness (QED) is 0.925. The van der Waals surface area contributed by atoms with Gasteiger partial charge in [-0.25, -0.2) is 0 Å². The van der Waals surface area contributed by atoms with Crippen LogP contribution in [0, 0.1) is 11.8 Å². The fourth-order valence-electron chi connectivity index (χ4n) is 3.56. The summed E-state index contributed by atoms with van der Waals surface area (Å²) in [6.07, 6.45) is 1.95. The zero-order valence-electron chi connectivity index (χ0n) is 12.8. The molecule has 2 saturated heterocycles. The number of ether oxygens (including phenoxy) is 1. The molecule has 2 heterocycles. The van der Waals surface area contributed by atoms with Gasteiger partial charge in [-0.2, -0.15) is 0 Å². The van der Waals surface area contributed by atoms with Crippen molar-refractivity contribution in [1.82, 2.24) is 4.90 Å². The number of benzene rings is 1. The molecular formula is C17H25ClN2O2. The number of amides is 1. The SMILES string of the molecule is Cl.NC[C@@H]1CN(C(=O)C2CCCOC2)C[C@H]1c1ccccc1. The van der Waals surface area contributed by atoms with Crippen LogP contribution >= 0.6 is 12.4 Å². The van der Waals surface area contributed by atoms with Gasteiger partial charge in [-0.15, -0.1) is 12.4 Å². The molecule has 1 amide bonds. The van der Waals surface area contributed by atoms with Crippen LogP contribution in [0.15, 0.2) is 30.3 Å². The number of hydrogen-bond donors (Lipinski definition) is 1. The molecule has 3 rings (SSSR count). The fourth-order valence-corrected chi connectivity index (χ4v) is 3.56. The molecule has 22 heavy (non-hydrogen) atoms. The van der Waals surface area contributed by atoms with E-state index < -0.39 is 0 Å². The lowest BCUT2D eigenvalue weighted by Gasteiger charge is -2.26. The van der Waals surface area contributed by atoms with Crippen molar-refractivity contribution in [2.75, 3.05) is 32.8 Å². The van der Waals surface area contributed by atoms with Gasteiger partial charge in [-0.1, -0.05) is 30.3 Å². The summed E-state index contributed by atoms with van der Waals surface area (Å²) in [5.41, 5.74) is 7.23. The molecule has 1 aromatic rings. The van der Waals surface area contributed by atoms with Crippen molar-refractivity contribution >= 4 is 18.3 Å². The first-order valence-electron chi connectivity index (χ1n) is 7.91. The van der Waals surface area contributed by atoms with Crippen LogP contribution < -0.4 is 5.73 Å². The predicted molar refractivity (Wildman–Crippen MR) is 89.1 cm³/mol. The van der Waals surface area contributed by atoms with Crippen LogP contribution in [0.5, 0.6) is 0 Å². The first-order valence-corrected chi connectivity index (χ1v) is 7.91. The first-order chi connectivity index (χ1) is 10.3. The number of hydrogen-bond acceptors (Lipinski definition) is 3. The van der Waals surface area contributed by atoms with Gasteiger partial charge in [0, 0.05) is 25.6 Å². The van der Waals surface area contributed by atoms with Crippen molar-refractivity contribution in [3.05, 3.63) is 35.9 Å². The minimum absolute atomic E-state index is 0. The minimum atomic E-state index is 0. The Morgan fingerprint density at radius 3 is 2.68 bits per heavy atom. The molecular weight excluding hydrogens is 300 g/mol. The zero-order valence-corrected chi connectivity index (χ0v) is 13.6. The highest BCUT2D eigenvalue weighted by Crippen LogP contribution is 2.33. The molecule has 0 aliphatic carbocycles. The molecule has 2 fully saturated rings. The molecule has 1 unspecified atom stereocenters. The smallest absolute Gasteiger partial charge is 0.228 e. The normalized spacial score (nSPS) is 28.2. The molecule has 2 aliphatic heterocycles. The summed E-state index contributed by atoms with van der Waals surface area (Å²) in [7, 11) is 0. The maximum Gasteiger partial charge on any atom is 0.228 e. The molecule has 0 aromatic heterocycles. The van der Waals surface area contributed by atoms with E-state index in [9.17, 15) is 4.79 Å². The maximum atomic E-state index is 12.6. The van der Waals surface area contributed by atoms with Crippen molar-refractivity contribution in [1.29, 1.82) is 0 Å². The molecule has 0 radical (unpaired) electrons. The lowest BCUT2D eigenvalue weighted by Crippen LogP contribution is -2.38. The van der Waals surface area contributed by atoms with E-state index in [1.54, 1.807) is 0 Å². The Labute approximate surface area is 138 Å². The Balaban J connectivity index is 0.00000176. The number of carbonyl (C=O) groups excluding carboxylic acids is 1. The summed E-state index contributed by atoms with van der Waals surface area (Å²) in [6, 6.07) is 10.4. The molecule has 0 bridgehead atoms. The van der Waals surface area contributed by atoms with Crippen molar-refractivity contribution < 1.29 is 9.53 Å². The van der Waals surface area contributed by atoms with Crippen molar-refractivity contribution in [3.63, 3.8) is 0 Å². The summed E-state index contributed by atoms with van der Waals surface area (Å²) in [5.74, 6) is 1.03. The third-order valence-corrected chi connectivity index (χ3v) is 4.79. The monoisotopic (exact) mass is 324 g/mol. The molecule has 1 aromatic carbocycles. The van der Waals surface area contributed by atoms with Crippen LogP contribution in [0.4, 0.5) is 0 Å².